The van der Waals surface area contributed by atoms with Crippen molar-refractivity contribution >= 4 is 5.91 Å². The highest BCUT2D eigenvalue weighted by Crippen LogP contribution is 2.42. The first-order valence-corrected chi connectivity index (χ1v) is 11.4. The quantitative estimate of drug-likeness (QED) is 0.818. The topological polar surface area (TPSA) is 49.6 Å². The van der Waals surface area contributed by atoms with Gasteiger partial charge in [-0.05, 0) is 68.9 Å². The Bertz CT molecular complexity index is 635. The van der Waals surface area contributed by atoms with Gasteiger partial charge < -0.3 is 10.6 Å². The fourth-order valence-corrected chi connectivity index (χ4v) is 5.98. The Labute approximate surface area is 170 Å². The van der Waals surface area contributed by atoms with Gasteiger partial charge in [0, 0.05) is 38.1 Å². The molecule has 4 heteroatoms. The van der Waals surface area contributed by atoms with Crippen molar-refractivity contribution in [1.82, 2.24) is 9.80 Å². The molecule has 4 nitrogen and oxygen atoms in total. The summed E-state index contributed by atoms with van der Waals surface area (Å²) in [6.45, 7) is 7.20. The average molecular weight is 384 g/mol. The summed E-state index contributed by atoms with van der Waals surface area (Å²) in [6, 6.07) is 11.1. The van der Waals surface area contributed by atoms with Crippen molar-refractivity contribution in [3.8, 4) is 0 Å². The van der Waals surface area contributed by atoms with Crippen molar-refractivity contribution in [2.45, 2.75) is 58.0 Å². The van der Waals surface area contributed by atoms with Crippen LogP contribution in [0.2, 0.25) is 0 Å². The highest BCUT2D eigenvalue weighted by atomic mass is 16.2. The second-order valence-corrected chi connectivity index (χ2v) is 9.45. The minimum atomic E-state index is 0.219. The second kappa shape index (κ2) is 8.96. The summed E-state index contributed by atoms with van der Waals surface area (Å²) < 4.78 is 0. The third-order valence-corrected chi connectivity index (χ3v) is 7.55. The van der Waals surface area contributed by atoms with E-state index in [4.69, 9.17) is 5.73 Å². The van der Waals surface area contributed by atoms with E-state index in [0.29, 0.717) is 29.7 Å². The van der Waals surface area contributed by atoms with Gasteiger partial charge in [0.25, 0.3) is 0 Å². The van der Waals surface area contributed by atoms with E-state index in [9.17, 15) is 4.79 Å². The summed E-state index contributed by atoms with van der Waals surface area (Å²) in [7, 11) is 0. The van der Waals surface area contributed by atoms with Crippen molar-refractivity contribution in [3.05, 3.63) is 35.9 Å². The minimum absolute atomic E-state index is 0.219. The lowest BCUT2D eigenvalue weighted by Gasteiger charge is -2.44. The second-order valence-electron chi connectivity index (χ2n) is 9.45. The molecule has 2 aliphatic carbocycles. The van der Waals surface area contributed by atoms with E-state index < -0.39 is 0 Å². The van der Waals surface area contributed by atoms with Crippen molar-refractivity contribution in [2.24, 2.45) is 29.4 Å². The number of nitrogens with two attached hydrogens (primary N) is 1. The van der Waals surface area contributed by atoms with Gasteiger partial charge in [0.15, 0.2) is 0 Å². The van der Waals surface area contributed by atoms with Gasteiger partial charge in [-0.25, -0.2) is 0 Å². The Balaban J connectivity index is 1.30. The van der Waals surface area contributed by atoms with Crippen LogP contribution in [0.5, 0.6) is 0 Å². The number of hydrogen-bond acceptors (Lipinski definition) is 3. The Kier molecular flexibility index (Phi) is 6.37. The summed E-state index contributed by atoms with van der Waals surface area (Å²) in [5.74, 6) is 2.39. The molecule has 1 aliphatic heterocycles. The Hall–Kier alpha value is -1.39. The summed E-state index contributed by atoms with van der Waals surface area (Å²) >= 11 is 0. The van der Waals surface area contributed by atoms with Crippen molar-refractivity contribution in [1.29, 1.82) is 0 Å². The smallest absolute Gasteiger partial charge is 0.225 e. The van der Waals surface area contributed by atoms with Crippen molar-refractivity contribution in [3.63, 3.8) is 0 Å². The molecule has 3 unspecified atom stereocenters. The molecule has 154 valence electrons. The number of nitrogens with zero attached hydrogens (tertiary/aromatic N) is 2. The number of amides is 1. The van der Waals surface area contributed by atoms with Crippen LogP contribution in [0.3, 0.4) is 0 Å². The first-order chi connectivity index (χ1) is 13.6. The predicted molar refractivity (Wildman–Crippen MR) is 114 cm³/mol. The molecule has 3 aliphatic rings. The minimum Gasteiger partial charge on any atom is -0.342 e. The number of rotatable bonds is 6. The SMILES string of the molecule is CCN(CC1CCN(Cc2ccccc2)C1)C(=O)C1CC2CCCC(C1)C2N. The van der Waals surface area contributed by atoms with Crippen LogP contribution in [0.25, 0.3) is 0 Å². The Morgan fingerprint density at radius 3 is 2.54 bits per heavy atom. The van der Waals surface area contributed by atoms with Gasteiger partial charge in [-0.3, -0.25) is 9.69 Å². The van der Waals surface area contributed by atoms with E-state index in [1.807, 2.05) is 0 Å². The number of fused-ring (bicyclic) bond motifs is 2. The van der Waals surface area contributed by atoms with E-state index in [1.54, 1.807) is 0 Å². The van der Waals surface area contributed by atoms with Crippen LogP contribution in [-0.2, 0) is 11.3 Å². The highest BCUT2D eigenvalue weighted by molar-refractivity contribution is 5.79. The molecule has 1 amide bonds. The molecule has 1 aromatic carbocycles. The average Bonchev–Trinajstić information content (AvgIpc) is 3.13. The molecule has 0 radical (unpaired) electrons. The molecule has 2 saturated carbocycles. The normalized spacial score (nSPS) is 33.0. The fourth-order valence-electron chi connectivity index (χ4n) is 5.98. The number of benzene rings is 1. The van der Waals surface area contributed by atoms with Gasteiger partial charge in [-0.1, -0.05) is 36.8 Å². The monoisotopic (exact) mass is 383 g/mol. The van der Waals surface area contributed by atoms with E-state index >= 15 is 0 Å². The molecule has 2 N–H and O–H groups in total. The Morgan fingerprint density at radius 1 is 1.14 bits per heavy atom. The van der Waals surface area contributed by atoms with Gasteiger partial charge in [0.2, 0.25) is 5.91 Å². The van der Waals surface area contributed by atoms with Gasteiger partial charge >= 0.3 is 0 Å². The van der Waals surface area contributed by atoms with Crippen LogP contribution in [-0.4, -0.2) is 47.9 Å². The molecule has 4 rings (SSSR count). The molecule has 1 saturated heterocycles. The van der Waals surface area contributed by atoms with Gasteiger partial charge in [0.05, 0.1) is 0 Å². The lowest BCUT2D eigenvalue weighted by Crippen LogP contribution is -2.50. The molecule has 3 atom stereocenters. The zero-order valence-corrected chi connectivity index (χ0v) is 17.4. The summed E-state index contributed by atoms with van der Waals surface area (Å²) in [6.07, 6.45) is 7.02. The maximum atomic E-state index is 13.3. The number of carbonyl (C=O) groups excluding carboxylic acids is 1. The van der Waals surface area contributed by atoms with Crippen LogP contribution in [0.4, 0.5) is 0 Å². The summed E-state index contributed by atoms with van der Waals surface area (Å²) in [5, 5.41) is 0. The van der Waals surface area contributed by atoms with Crippen LogP contribution < -0.4 is 5.73 Å². The third kappa shape index (κ3) is 4.44. The van der Waals surface area contributed by atoms with E-state index in [1.165, 1.54) is 31.2 Å². The molecule has 1 heterocycles. The van der Waals surface area contributed by atoms with Crippen LogP contribution in [0, 0.1) is 23.7 Å². The largest absolute Gasteiger partial charge is 0.342 e. The lowest BCUT2D eigenvalue weighted by molar-refractivity contribution is -0.139. The molecular formula is C24H37N3O. The van der Waals surface area contributed by atoms with Gasteiger partial charge in [0.1, 0.15) is 0 Å². The standard InChI is InChI=1S/C24H37N3O/c1-2-27(24(28)22-13-20-9-6-10-21(14-22)23(20)25)17-19-11-12-26(16-19)15-18-7-4-3-5-8-18/h3-5,7-8,19-23H,2,6,9-17,25H2,1H3. The van der Waals surface area contributed by atoms with E-state index in [2.05, 4.69) is 47.1 Å². The zero-order chi connectivity index (χ0) is 19.5. The molecular weight excluding hydrogens is 346 g/mol. The van der Waals surface area contributed by atoms with Gasteiger partial charge in [-0.15, -0.1) is 0 Å². The lowest BCUT2D eigenvalue weighted by atomic mass is 9.65. The summed E-state index contributed by atoms with van der Waals surface area (Å²) in [5.41, 5.74) is 7.82. The highest BCUT2D eigenvalue weighted by Gasteiger charge is 2.41. The zero-order valence-electron chi connectivity index (χ0n) is 17.4. The number of hydrogen-bond donors (Lipinski definition) is 1. The van der Waals surface area contributed by atoms with Crippen LogP contribution in [0.1, 0.15) is 51.0 Å². The molecule has 3 fully saturated rings. The van der Waals surface area contributed by atoms with Gasteiger partial charge in [-0.2, -0.15) is 0 Å². The Morgan fingerprint density at radius 2 is 1.86 bits per heavy atom. The summed E-state index contributed by atoms with van der Waals surface area (Å²) in [4.78, 5) is 18.0. The van der Waals surface area contributed by atoms with Crippen molar-refractivity contribution in [2.75, 3.05) is 26.2 Å². The van der Waals surface area contributed by atoms with Crippen LogP contribution in [0.15, 0.2) is 30.3 Å². The van der Waals surface area contributed by atoms with E-state index in [-0.39, 0.29) is 5.92 Å². The molecule has 2 bridgehead atoms. The fraction of sp³-hybridized carbons (Fsp3) is 0.708. The first kappa shape index (κ1) is 19.9. The van der Waals surface area contributed by atoms with Crippen molar-refractivity contribution < 1.29 is 4.79 Å². The third-order valence-electron chi connectivity index (χ3n) is 7.55. The maximum Gasteiger partial charge on any atom is 0.225 e. The molecule has 0 aromatic heterocycles. The van der Waals surface area contributed by atoms with Crippen LogP contribution >= 0.6 is 0 Å². The number of likely N-dealkylation sites (tertiary alicyclic amines) is 1. The first-order valence-electron chi connectivity index (χ1n) is 11.4. The predicted octanol–water partition coefficient (Wildman–Crippen LogP) is 3.51. The van der Waals surface area contributed by atoms with E-state index in [0.717, 1.165) is 45.6 Å². The maximum absolute atomic E-state index is 13.3. The molecule has 0 spiro atoms. The molecule has 28 heavy (non-hydrogen) atoms. The number of carbonyl (C=O) groups is 1. The molecule has 1 aromatic rings.